The molecule has 0 aliphatic rings. The number of rotatable bonds is 11. The summed E-state index contributed by atoms with van der Waals surface area (Å²) in [5, 5.41) is 3.51. The van der Waals surface area contributed by atoms with Crippen molar-refractivity contribution in [2.45, 2.75) is 64.6 Å². The number of halogens is 2. The molecule has 1 N–H and O–H groups in total. The number of anilines is 1. The highest BCUT2D eigenvalue weighted by molar-refractivity contribution is 7.92. The largest absolute Gasteiger partial charge is 0.493 e. The predicted octanol–water partition coefficient (Wildman–Crippen LogP) is 6.15. The molecule has 0 radical (unpaired) electrons. The summed E-state index contributed by atoms with van der Waals surface area (Å²) in [6.45, 7) is 9.98. The Morgan fingerprint density at radius 1 is 0.909 bits per heavy atom. The Balaban J connectivity index is 2.15. The monoisotopic (exact) mass is 663 g/mol. The number of nitrogens with one attached hydrogen (secondary N) is 1. The number of methoxy groups -OCH3 is 2. The van der Waals surface area contributed by atoms with Gasteiger partial charge in [-0.15, -0.1) is 0 Å². The summed E-state index contributed by atoms with van der Waals surface area (Å²) in [6.07, 6.45) is 0. The molecule has 0 aliphatic carbocycles. The highest BCUT2D eigenvalue weighted by atomic mass is 35.5. The van der Waals surface area contributed by atoms with Crippen LogP contribution >= 0.6 is 23.2 Å². The van der Waals surface area contributed by atoms with Gasteiger partial charge < -0.3 is 19.7 Å². The third kappa shape index (κ3) is 8.37. The lowest BCUT2D eigenvalue weighted by Crippen LogP contribution is -2.54. The molecule has 0 spiro atoms. The van der Waals surface area contributed by atoms with E-state index in [2.05, 4.69) is 5.32 Å². The molecule has 0 heterocycles. The molecule has 238 valence electrons. The van der Waals surface area contributed by atoms with Gasteiger partial charge in [-0.25, -0.2) is 8.42 Å². The molecule has 3 aromatic rings. The van der Waals surface area contributed by atoms with E-state index in [1.54, 1.807) is 37.3 Å². The van der Waals surface area contributed by atoms with Crippen LogP contribution in [-0.2, 0) is 26.2 Å². The van der Waals surface area contributed by atoms with Crippen molar-refractivity contribution in [1.82, 2.24) is 10.2 Å². The van der Waals surface area contributed by atoms with Gasteiger partial charge in [-0.3, -0.25) is 13.9 Å². The van der Waals surface area contributed by atoms with E-state index in [9.17, 15) is 18.0 Å². The molecule has 0 aliphatic heterocycles. The van der Waals surface area contributed by atoms with Crippen LogP contribution < -0.4 is 19.1 Å². The number of carbonyl (C=O) groups is 2. The second-order valence-corrected chi connectivity index (χ2v) is 14.2. The number of benzene rings is 3. The van der Waals surface area contributed by atoms with Gasteiger partial charge in [0.2, 0.25) is 11.8 Å². The normalized spacial score (nSPS) is 12.3. The second-order valence-electron chi connectivity index (χ2n) is 11.5. The van der Waals surface area contributed by atoms with Crippen molar-refractivity contribution in [3.8, 4) is 11.5 Å². The minimum absolute atomic E-state index is 0.110. The van der Waals surface area contributed by atoms with E-state index in [0.717, 1.165) is 15.4 Å². The second kappa shape index (κ2) is 14.1. The maximum atomic E-state index is 14.3. The van der Waals surface area contributed by atoms with Gasteiger partial charge in [0.15, 0.2) is 11.5 Å². The zero-order valence-electron chi connectivity index (χ0n) is 26.2. The lowest BCUT2D eigenvalue weighted by molar-refractivity contribution is -0.140. The molecule has 0 bridgehead atoms. The van der Waals surface area contributed by atoms with Gasteiger partial charge in [0, 0.05) is 33.8 Å². The highest BCUT2D eigenvalue weighted by Gasteiger charge is 2.34. The maximum absolute atomic E-state index is 14.3. The van der Waals surface area contributed by atoms with Gasteiger partial charge in [0.25, 0.3) is 10.0 Å². The molecule has 1 atom stereocenters. The average Bonchev–Trinajstić information content (AvgIpc) is 2.93. The van der Waals surface area contributed by atoms with E-state index in [-0.39, 0.29) is 22.9 Å². The van der Waals surface area contributed by atoms with E-state index in [4.69, 9.17) is 32.7 Å². The van der Waals surface area contributed by atoms with Crippen LogP contribution in [0.1, 0.15) is 44.4 Å². The number of nitrogens with zero attached hydrogens (tertiary/aromatic N) is 2. The Hall–Kier alpha value is -3.47. The number of carbonyl (C=O) groups excluding carboxylic acids is 2. The first kappa shape index (κ1) is 35.0. The summed E-state index contributed by atoms with van der Waals surface area (Å²) >= 11 is 12.9. The standard InChI is InChI=1S/C32H39Cl2N3O6S/c1-20-14-21(2)16-23(15-20)37(44(40,41)24-12-13-28(42-7)29(17-24)43-8)19-30(38)36(22(3)31(39)35-32(4,5)6)18-25-26(33)10-9-11-27(25)34/h9-17,22H,18-19H2,1-8H3,(H,35,39)/t22-/m0/s1. The zero-order chi connectivity index (χ0) is 33.0. The maximum Gasteiger partial charge on any atom is 0.264 e. The molecule has 0 aromatic heterocycles. The Labute approximate surface area is 270 Å². The predicted molar refractivity (Wildman–Crippen MR) is 174 cm³/mol. The molecule has 12 heteroatoms. The Morgan fingerprint density at radius 2 is 1.48 bits per heavy atom. The molecule has 0 unspecified atom stereocenters. The molecule has 3 rings (SSSR count). The molecular formula is C32H39Cl2N3O6S. The topological polar surface area (TPSA) is 105 Å². The smallest absolute Gasteiger partial charge is 0.264 e. The number of hydrogen-bond donors (Lipinski definition) is 1. The van der Waals surface area contributed by atoms with Gasteiger partial charge in [-0.2, -0.15) is 0 Å². The average molecular weight is 665 g/mol. The van der Waals surface area contributed by atoms with Crippen LogP contribution in [0, 0.1) is 13.8 Å². The first-order chi connectivity index (χ1) is 20.5. The molecule has 2 amide bonds. The summed E-state index contributed by atoms with van der Waals surface area (Å²) in [7, 11) is -1.49. The van der Waals surface area contributed by atoms with Gasteiger partial charge in [0.1, 0.15) is 12.6 Å². The van der Waals surface area contributed by atoms with E-state index < -0.39 is 40.0 Å². The van der Waals surface area contributed by atoms with Gasteiger partial charge in [-0.1, -0.05) is 35.3 Å². The quantitative estimate of drug-likeness (QED) is 0.264. The van der Waals surface area contributed by atoms with E-state index in [1.165, 1.54) is 37.3 Å². The fourth-order valence-electron chi connectivity index (χ4n) is 4.64. The fourth-order valence-corrected chi connectivity index (χ4v) is 6.57. The molecule has 9 nitrogen and oxygen atoms in total. The van der Waals surface area contributed by atoms with Crippen LogP contribution in [0.4, 0.5) is 5.69 Å². The Kier molecular flexibility index (Phi) is 11.2. The van der Waals surface area contributed by atoms with Crippen LogP contribution in [0.2, 0.25) is 10.0 Å². The number of aryl methyl sites for hydroxylation is 2. The van der Waals surface area contributed by atoms with Crippen molar-refractivity contribution in [1.29, 1.82) is 0 Å². The lowest BCUT2D eigenvalue weighted by atomic mass is 10.1. The third-order valence-electron chi connectivity index (χ3n) is 6.77. The van der Waals surface area contributed by atoms with Crippen molar-refractivity contribution in [3.05, 3.63) is 81.3 Å². The number of amides is 2. The van der Waals surface area contributed by atoms with Crippen LogP contribution in [-0.4, -0.2) is 57.5 Å². The number of ether oxygens (including phenoxy) is 2. The van der Waals surface area contributed by atoms with Gasteiger partial charge >= 0.3 is 0 Å². The number of hydrogen-bond acceptors (Lipinski definition) is 6. The van der Waals surface area contributed by atoms with Crippen molar-refractivity contribution in [3.63, 3.8) is 0 Å². The Bertz CT molecular complexity index is 1600. The third-order valence-corrected chi connectivity index (χ3v) is 9.25. The number of sulfonamides is 1. The minimum atomic E-state index is -4.34. The van der Waals surface area contributed by atoms with E-state index in [0.29, 0.717) is 21.4 Å². The van der Waals surface area contributed by atoms with Crippen LogP contribution in [0.25, 0.3) is 0 Å². The summed E-state index contributed by atoms with van der Waals surface area (Å²) in [4.78, 5) is 28.8. The molecule has 0 fully saturated rings. The molecule has 3 aromatic carbocycles. The molecule has 44 heavy (non-hydrogen) atoms. The summed E-state index contributed by atoms with van der Waals surface area (Å²) in [5.41, 5.74) is 1.74. The van der Waals surface area contributed by atoms with Crippen LogP contribution in [0.3, 0.4) is 0 Å². The van der Waals surface area contributed by atoms with Crippen molar-refractivity contribution in [2.24, 2.45) is 0 Å². The highest BCUT2D eigenvalue weighted by Crippen LogP contribution is 2.33. The van der Waals surface area contributed by atoms with Crippen molar-refractivity contribution < 1.29 is 27.5 Å². The van der Waals surface area contributed by atoms with Gasteiger partial charge in [-0.05, 0) is 89.1 Å². The minimum Gasteiger partial charge on any atom is -0.493 e. The molecule has 0 saturated carbocycles. The first-order valence-electron chi connectivity index (χ1n) is 13.9. The first-order valence-corrected chi connectivity index (χ1v) is 16.1. The molecular weight excluding hydrogens is 625 g/mol. The van der Waals surface area contributed by atoms with E-state index in [1.807, 2.05) is 40.7 Å². The van der Waals surface area contributed by atoms with Crippen molar-refractivity contribution in [2.75, 3.05) is 25.1 Å². The summed E-state index contributed by atoms with van der Waals surface area (Å²) in [6, 6.07) is 13.4. The van der Waals surface area contributed by atoms with Crippen LogP contribution in [0.15, 0.2) is 59.5 Å². The van der Waals surface area contributed by atoms with Gasteiger partial charge in [0.05, 0.1) is 24.8 Å². The Morgan fingerprint density at radius 3 is 2.00 bits per heavy atom. The summed E-state index contributed by atoms with van der Waals surface area (Å²) < 4.78 is 40.2. The van der Waals surface area contributed by atoms with E-state index >= 15 is 0 Å². The van der Waals surface area contributed by atoms with Crippen molar-refractivity contribution >= 4 is 50.7 Å². The SMILES string of the molecule is COc1ccc(S(=O)(=O)N(CC(=O)N(Cc2c(Cl)cccc2Cl)[C@@H](C)C(=O)NC(C)(C)C)c2cc(C)cc(C)c2)cc1OC. The molecule has 0 saturated heterocycles. The fraction of sp³-hybridized carbons (Fsp3) is 0.375. The van der Waals surface area contributed by atoms with Crippen LogP contribution in [0.5, 0.6) is 11.5 Å². The lowest BCUT2D eigenvalue weighted by Gasteiger charge is -2.34. The zero-order valence-corrected chi connectivity index (χ0v) is 28.5. The summed E-state index contributed by atoms with van der Waals surface area (Å²) in [5.74, 6) is -0.500.